The van der Waals surface area contributed by atoms with E-state index in [0.29, 0.717) is 38.0 Å². The molecule has 23 heavy (non-hydrogen) atoms. The topological polar surface area (TPSA) is 84.6 Å². The van der Waals surface area contributed by atoms with Gasteiger partial charge in [0.1, 0.15) is 0 Å². The lowest BCUT2D eigenvalue weighted by Gasteiger charge is -2.33. The van der Waals surface area contributed by atoms with Crippen LogP contribution in [0.5, 0.6) is 0 Å². The largest absolute Gasteiger partial charge is 0.450 e. The number of aromatic nitrogens is 3. The smallest absolute Gasteiger partial charge is 0.409 e. The van der Waals surface area contributed by atoms with Gasteiger partial charge in [-0.1, -0.05) is 5.16 Å². The molecule has 0 aliphatic carbocycles. The lowest BCUT2D eigenvalue weighted by molar-refractivity contribution is 0.0749. The van der Waals surface area contributed by atoms with Crippen molar-refractivity contribution in [2.45, 2.75) is 13.5 Å². The van der Waals surface area contributed by atoms with E-state index in [4.69, 9.17) is 9.26 Å². The molecule has 2 aromatic heterocycles. The minimum Gasteiger partial charge on any atom is -0.450 e. The van der Waals surface area contributed by atoms with Crippen LogP contribution in [0.25, 0.3) is 11.4 Å². The highest BCUT2D eigenvalue weighted by atomic mass is 16.6. The SMILES string of the molecule is CCOC(=O)N1CCN(Cc2nc(-c3cccnc3)no2)CC1. The molecule has 0 N–H and O–H groups in total. The van der Waals surface area contributed by atoms with Gasteiger partial charge in [-0.2, -0.15) is 4.98 Å². The zero-order valence-corrected chi connectivity index (χ0v) is 13.0. The van der Waals surface area contributed by atoms with Crippen LogP contribution in [-0.4, -0.2) is 63.8 Å². The summed E-state index contributed by atoms with van der Waals surface area (Å²) in [7, 11) is 0. The average molecular weight is 317 g/mol. The quantitative estimate of drug-likeness (QED) is 0.842. The minimum atomic E-state index is -0.246. The standard InChI is InChI=1S/C15H19N5O3/c1-2-22-15(21)20-8-6-19(7-9-20)11-13-17-14(18-23-13)12-4-3-5-16-10-12/h3-5,10H,2,6-9,11H2,1H3. The molecule has 0 bridgehead atoms. The van der Waals surface area contributed by atoms with Crippen LogP contribution < -0.4 is 0 Å². The molecule has 3 rings (SSSR count). The van der Waals surface area contributed by atoms with Crippen LogP contribution in [0.1, 0.15) is 12.8 Å². The van der Waals surface area contributed by atoms with Crippen LogP contribution in [-0.2, 0) is 11.3 Å². The van der Waals surface area contributed by atoms with Crippen molar-refractivity contribution in [2.75, 3.05) is 32.8 Å². The number of hydrogen-bond donors (Lipinski definition) is 0. The Labute approximate surface area is 134 Å². The molecular weight excluding hydrogens is 298 g/mol. The Morgan fingerprint density at radius 3 is 2.87 bits per heavy atom. The lowest BCUT2D eigenvalue weighted by Crippen LogP contribution is -2.48. The highest BCUT2D eigenvalue weighted by molar-refractivity contribution is 5.67. The summed E-state index contributed by atoms with van der Waals surface area (Å²) in [5, 5.41) is 3.98. The Kier molecular flexibility index (Phi) is 4.82. The fraction of sp³-hybridized carbons (Fsp3) is 0.467. The summed E-state index contributed by atoms with van der Waals surface area (Å²) in [6.07, 6.45) is 3.16. The Hall–Kier alpha value is -2.48. The van der Waals surface area contributed by atoms with Gasteiger partial charge in [-0.3, -0.25) is 9.88 Å². The predicted octanol–water partition coefficient (Wildman–Crippen LogP) is 1.41. The van der Waals surface area contributed by atoms with Crippen LogP contribution in [0.15, 0.2) is 29.0 Å². The van der Waals surface area contributed by atoms with E-state index < -0.39 is 0 Å². The van der Waals surface area contributed by atoms with Gasteiger partial charge in [-0.05, 0) is 19.1 Å². The molecular formula is C15H19N5O3. The fourth-order valence-electron chi connectivity index (χ4n) is 2.43. The Balaban J connectivity index is 1.53. The van der Waals surface area contributed by atoms with E-state index in [0.717, 1.165) is 18.7 Å². The number of carbonyl (C=O) groups is 1. The van der Waals surface area contributed by atoms with E-state index in [1.54, 1.807) is 17.3 Å². The van der Waals surface area contributed by atoms with Crippen molar-refractivity contribution < 1.29 is 14.1 Å². The monoisotopic (exact) mass is 317 g/mol. The second-order valence-corrected chi connectivity index (χ2v) is 5.22. The maximum atomic E-state index is 11.7. The van der Waals surface area contributed by atoms with Gasteiger partial charge in [0.2, 0.25) is 11.7 Å². The van der Waals surface area contributed by atoms with Crippen LogP contribution in [0.2, 0.25) is 0 Å². The molecule has 0 spiro atoms. The fourth-order valence-corrected chi connectivity index (χ4v) is 2.43. The van der Waals surface area contributed by atoms with Crippen molar-refractivity contribution in [3.05, 3.63) is 30.4 Å². The summed E-state index contributed by atoms with van der Waals surface area (Å²) >= 11 is 0. The minimum absolute atomic E-state index is 0.246. The highest BCUT2D eigenvalue weighted by Crippen LogP contribution is 2.15. The van der Waals surface area contributed by atoms with Crippen molar-refractivity contribution in [1.29, 1.82) is 0 Å². The molecule has 3 heterocycles. The van der Waals surface area contributed by atoms with Crippen LogP contribution >= 0.6 is 0 Å². The number of amides is 1. The van der Waals surface area contributed by atoms with E-state index in [-0.39, 0.29) is 6.09 Å². The third kappa shape index (κ3) is 3.84. The highest BCUT2D eigenvalue weighted by Gasteiger charge is 2.23. The second-order valence-electron chi connectivity index (χ2n) is 5.22. The van der Waals surface area contributed by atoms with Gasteiger partial charge in [0, 0.05) is 44.1 Å². The van der Waals surface area contributed by atoms with E-state index in [2.05, 4.69) is 20.0 Å². The number of ether oxygens (including phenoxy) is 1. The van der Waals surface area contributed by atoms with Gasteiger partial charge in [0.05, 0.1) is 13.2 Å². The van der Waals surface area contributed by atoms with Crippen molar-refractivity contribution >= 4 is 6.09 Å². The predicted molar refractivity (Wildman–Crippen MR) is 81.4 cm³/mol. The molecule has 0 atom stereocenters. The summed E-state index contributed by atoms with van der Waals surface area (Å²) in [4.78, 5) is 24.0. The van der Waals surface area contributed by atoms with Gasteiger partial charge in [0.25, 0.3) is 0 Å². The molecule has 2 aromatic rings. The number of carbonyl (C=O) groups excluding carboxylic acids is 1. The van der Waals surface area contributed by atoms with Gasteiger partial charge in [-0.15, -0.1) is 0 Å². The Morgan fingerprint density at radius 2 is 2.17 bits per heavy atom. The maximum absolute atomic E-state index is 11.7. The molecule has 0 unspecified atom stereocenters. The molecule has 1 fully saturated rings. The van der Waals surface area contributed by atoms with Crippen LogP contribution in [0, 0.1) is 0 Å². The molecule has 0 saturated carbocycles. The molecule has 1 aliphatic heterocycles. The first kappa shape index (κ1) is 15.4. The number of nitrogens with zero attached hydrogens (tertiary/aromatic N) is 5. The normalized spacial score (nSPS) is 15.6. The number of rotatable bonds is 4. The molecule has 0 radical (unpaired) electrons. The number of pyridine rings is 1. The van der Waals surface area contributed by atoms with Crippen LogP contribution in [0.3, 0.4) is 0 Å². The van der Waals surface area contributed by atoms with E-state index in [1.165, 1.54) is 0 Å². The van der Waals surface area contributed by atoms with Gasteiger partial charge in [-0.25, -0.2) is 4.79 Å². The van der Waals surface area contributed by atoms with Crippen molar-refractivity contribution in [1.82, 2.24) is 24.9 Å². The Bertz CT molecular complexity index is 638. The molecule has 8 heteroatoms. The first-order chi connectivity index (χ1) is 11.3. The van der Waals surface area contributed by atoms with Crippen molar-refractivity contribution in [2.24, 2.45) is 0 Å². The summed E-state index contributed by atoms with van der Waals surface area (Å²) in [6, 6.07) is 3.72. The zero-order valence-electron chi connectivity index (χ0n) is 13.0. The molecule has 1 saturated heterocycles. The van der Waals surface area contributed by atoms with Crippen LogP contribution in [0.4, 0.5) is 4.79 Å². The summed E-state index contributed by atoms with van der Waals surface area (Å²) in [5.41, 5.74) is 0.828. The third-order valence-electron chi connectivity index (χ3n) is 3.64. The summed E-state index contributed by atoms with van der Waals surface area (Å²) in [5.74, 6) is 1.10. The van der Waals surface area contributed by atoms with Gasteiger partial charge in [0.15, 0.2) is 0 Å². The lowest BCUT2D eigenvalue weighted by atomic mass is 10.3. The number of piperazine rings is 1. The molecule has 0 aromatic carbocycles. The van der Waals surface area contributed by atoms with Gasteiger partial charge >= 0.3 is 6.09 Å². The van der Waals surface area contributed by atoms with E-state index in [9.17, 15) is 4.79 Å². The zero-order chi connectivity index (χ0) is 16.1. The van der Waals surface area contributed by atoms with E-state index >= 15 is 0 Å². The third-order valence-corrected chi connectivity index (χ3v) is 3.64. The average Bonchev–Trinajstić information content (AvgIpc) is 3.05. The number of hydrogen-bond acceptors (Lipinski definition) is 7. The molecule has 8 nitrogen and oxygen atoms in total. The summed E-state index contributed by atoms with van der Waals surface area (Å²) in [6.45, 7) is 5.57. The van der Waals surface area contributed by atoms with Crippen molar-refractivity contribution in [3.63, 3.8) is 0 Å². The molecule has 122 valence electrons. The first-order valence-corrected chi connectivity index (χ1v) is 7.63. The molecule has 1 aliphatic rings. The van der Waals surface area contributed by atoms with E-state index in [1.807, 2.05) is 19.1 Å². The Morgan fingerprint density at radius 1 is 1.35 bits per heavy atom. The second kappa shape index (κ2) is 7.19. The maximum Gasteiger partial charge on any atom is 0.409 e. The molecule has 1 amide bonds. The van der Waals surface area contributed by atoms with Gasteiger partial charge < -0.3 is 14.2 Å². The summed E-state index contributed by atoms with van der Waals surface area (Å²) < 4.78 is 10.3. The van der Waals surface area contributed by atoms with Crippen molar-refractivity contribution in [3.8, 4) is 11.4 Å². The first-order valence-electron chi connectivity index (χ1n) is 7.63.